The standard InChI is InChI=1S/C22H23Br2N3O2S/c1-3-9-29-20-16(23)10-15(11-17(20)24)19-18(13(2)26-22(30)27-19)21(28)25-12-14-7-5-4-6-8-14/h4-8,10-11,19H,3,9,12H2,1-2H3,(H,25,28)(H2,26,27,30). The first kappa shape index (κ1) is 22.8. The van der Waals surface area contributed by atoms with Crippen molar-refractivity contribution in [2.45, 2.75) is 32.9 Å². The van der Waals surface area contributed by atoms with Crippen LogP contribution in [0.25, 0.3) is 0 Å². The molecule has 3 N–H and O–H groups in total. The van der Waals surface area contributed by atoms with Gasteiger partial charge in [-0.15, -0.1) is 0 Å². The summed E-state index contributed by atoms with van der Waals surface area (Å²) in [7, 11) is 0. The van der Waals surface area contributed by atoms with E-state index in [9.17, 15) is 4.79 Å². The quantitative estimate of drug-likeness (QED) is 0.417. The summed E-state index contributed by atoms with van der Waals surface area (Å²) in [5, 5.41) is 9.79. The van der Waals surface area contributed by atoms with E-state index in [2.05, 4.69) is 54.7 Å². The van der Waals surface area contributed by atoms with Crippen molar-refractivity contribution < 1.29 is 9.53 Å². The molecule has 0 aromatic heterocycles. The van der Waals surface area contributed by atoms with Crippen molar-refractivity contribution in [3.63, 3.8) is 0 Å². The van der Waals surface area contributed by atoms with Crippen LogP contribution in [0.3, 0.4) is 0 Å². The van der Waals surface area contributed by atoms with Crippen molar-refractivity contribution in [2.24, 2.45) is 0 Å². The first-order chi connectivity index (χ1) is 14.4. The molecule has 2 aromatic rings. The van der Waals surface area contributed by atoms with E-state index < -0.39 is 0 Å². The number of rotatable bonds is 7. The van der Waals surface area contributed by atoms with Crippen LogP contribution < -0.4 is 20.7 Å². The summed E-state index contributed by atoms with van der Waals surface area (Å²) in [4.78, 5) is 13.1. The fraction of sp³-hybridized carbons (Fsp3) is 0.273. The summed E-state index contributed by atoms with van der Waals surface area (Å²) in [6.07, 6.45) is 0.915. The number of benzene rings is 2. The second kappa shape index (κ2) is 10.4. The van der Waals surface area contributed by atoms with Gasteiger partial charge in [-0.2, -0.15) is 0 Å². The Morgan fingerprint density at radius 3 is 2.50 bits per heavy atom. The number of carbonyl (C=O) groups excluding carboxylic acids is 1. The molecule has 8 heteroatoms. The third-order valence-corrected chi connectivity index (χ3v) is 6.01. The van der Waals surface area contributed by atoms with Crippen LogP contribution in [0.5, 0.6) is 5.75 Å². The fourth-order valence-corrected chi connectivity index (χ4v) is 4.93. The van der Waals surface area contributed by atoms with Gasteiger partial charge in [-0.05, 0) is 80.7 Å². The molecule has 5 nitrogen and oxygen atoms in total. The van der Waals surface area contributed by atoms with Crippen LogP contribution in [0.1, 0.15) is 37.4 Å². The molecule has 0 spiro atoms. The minimum atomic E-state index is -0.387. The molecule has 1 aliphatic rings. The molecule has 158 valence electrons. The topological polar surface area (TPSA) is 62.4 Å². The minimum Gasteiger partial charge on any atom is -0.491 e. The van der Waals surface area contributed by atoms with Crippen LogP contribution in [0.2, 0.25) is 0 Å². The van der Waals surface area contributed by atoms with Crippen molar-refractivity contribution in [1.29, 1.82) is 0 Å². The molecule has 1 aliphatic heterocycles. The van der Waals surface area contributed by atoms with Gasteiger partial charge in [-0.25, -0.2) is 0 Å². The number of hydrogen-bond acceptors (Lipinski definition) is 3. The molecule has 0 saturated heterocycles. The molecule has 1 amide bonds. The van der Waals surface area contributed by atoms with Gasteiger partial charge < -0.3 is 20.7 Å². The van der Waals surface area contributed by atoms with E-state index in [4.69, 9.17) is 17.0 Å². The lowest BCUT2D eigenvalue weighted by atomic mass is 9.95. The number of amides is 1. The van der Waals surface area contributed by atoms with Crippen LogP contribution in [0.15, 0.2) is 62.7 Å². The highest BCUT2D eigenvalue weighted by Gasteiger charge is 2.30. The van der Waals surface area contributed by atoms with E-state index in [1.807, 2.05) is 49.4 Å². The largest absolute Gasteiger partial charge is 0.491 e. The monoisotopic (exact) mass is 551 g/mol. The molecule has 0 fully saturated rings. The molecule has 1 unspecified atom stereocenters. The Bertz CT molecular complexity index is 957. The molecular weight excluding hydrogens is 530 g/mol. The van der Waals surface area contributed by atoms with E-state index in [0.29, 0.717) is 23.8 Å². The normalized spacial score (nSPS) is 16.0. The number of hydrogen-bond donors (Lipinski definition) is 3. The Labute approximate surface area is 198 Å². The zero-order valence-electron chi connectivity index (χ0n) is 16.7. The van der Waals surface area contributed by atoms with Crippen molar-refractivity contribution in [2.75, 3.05) is 6.61 Å². The van der Waals surface area contributed by atoms with E-state index in [-0.39, 0.29) is 11.9 Å². The number of thiocarbonyl (C=S) groups is 1. The van der Waals surface area contributed by atoms with Gasteiger partial charge in [0.05, 0.1) is 27.2 Å². The number of halogens is 2. The Morgan fingerprint density at radius 2 is 1.87 bits per heavy atom. The van der Waals surface area contributed by atoms with Gasteiger partial charge in [0, 0.05) is 12.2 Å². The SMILES string of the molecule is CCCOc1c(Br)cc(C2NC(=S)NC(C)=C2C(=O)NCc2ccccc2)cc1Br. The molecule has 1 heterocycles. The van der Waals surface area contributed by atoms with Gasteiger partial charge >= 0.3 is 0 Å². The van der Waals surface area contributed by atoms with Gasteiger partial charge in [0.2, 0.25) is 0 Å². The lowest BCUT2D eigenvalue weighted by Crippen LogP contribution is -2.46. The average molecular weight is 553 g/mol. The van der Waals surface area contributed by atoms with Crippen molar-refractivity contribution in [3.8, 4) is 5.75 Å². The van der Waals surface area contributed by atoms with Crippen LogP contribution >= 0.6 is 44.1 Å². The number of nitrogens with one attached hydrogen (secondary N) is 3. The first-order valence-corrected chi connectivity index (χ1v) is 11.6. The fourth-order valence-electron chi connectivity index (χ4n) is 3.21. The minimum absolute atomic E-state index is 0.151. The summed E-state index contributed by atoms with van der Waals surface area (Å²) < 4.78 is 7.45. The third-order valence-electron chi connectivity index (χ3n) is 4.61. The highest BCUT2D eigenvalue weighted by molar-refractivity contribution is 9.11. The molecule has 0 bridgehead atoms. The summed E-state index contributed by atoms with van der Waals surface area (Å²) in [5.41, 5.74) is 3.26. The molecule has 0 aliphatic carbocycles. The smallest absolute Gasteiger partial charge is 0.251 e. The molecular formula is C22H23Br2N3O2S. The maximum atomic E-state index is 13.1. The highest BCUT2D eigenvalue weighted by Crippen LogP contribution is 2.38. The molecule has 1 atom stereocenters. The molecule has 3 rings (SSSR count). The van der Waals surface area contributed by atoms with Crippen LogP contribution in [0, 0.1) is 0 Å². The predicted molar refractivity (Wildman–Crippen MR) is 130 cm³/mol. The Morgan fingerprint density at radius 1 is 1.20 bits per heavy atom. The lowest BCUT2D eigenvalue weighted by Gasteiger charge is -2.31. The van der Waals surface area contributed by atoms with E-state index >= 15 is 0 Å². The molecule has 0 saturated carbocycles. The number of ether oxygens (including phenoxy) is 1. The Kier molecular flexibility index (Phi) is 7.91. The molecule has 30 heavy (non-hydrogen) atoms. The molecule has 2 aromatic carbocycles. The summed E-state index contributed by atoms with van der Waals surface area (Å²) in [6, 6.07) is 13.3. The Hall–Kier alpha value is -1.90. The second-order valence-corrected chi connectivity index (χ2v) is 9.02. The van der Waals surface area contributed by atoms with Crippen molar-refractivity contribution >= 4 is 55.1 Å². The third kappa shape index (κ3) is 5.42. The van der Waals surface area contributed by atoms with Gasteiger partial charge in [0.15, 0.2) is 5.11 Å². The zero-order chi connectivity index (χ0) is 21.7. The zero-order valence-corrected chi connectivity index (χ0v) is 20.7. The summed E-state index contributed by atoms with van der Waals surface area (Å²) in [5.74, 6) is 0.593. The Balaban J connectivity index is 1.89. The molecule has 0 radical (unpaired) electrons. The summed E-state index contributed by atoms with van der Waals surface area (Å²) >= 11 is 12.5. The maximum absolute atomic E-state index is 13.1. The average Bonchev–Trinajstić information content (AvgIpc) is 2.71. The summed E-state index contributed by atoms with van der Waals surface area (Å²) in [6.45, 7) is 4.99. The first-order valence-electron chi connectivity index (χ1n) is 9.62. The van der Waals surface area contributed by atoms with Crippen molar-refractivity contribution in [3.05, 3.63) is 73.8 Å². The van der Waals surface area contributed by atoms with E-state index in [1.54, 1.807) is 0 Å². The number of allylic oxidation sites excluding steroid dienone is 1. The van der Waals surface area contributed by atoms with Gasteiger partial charge in [0.1, 0.15) is 5.75 Å². The van der Waals surface area contributed by atoms with Crippen molar-refractivity contribution in [1.82, 2.24) is 16.0 Å². The van der Waals surface area contributed by atoms with Crippen LogP contribution in [0.4, 0.5) is 0 Å². The van der Waals surface area contributed by atoms with Gasteiger partial charge in [0.25, 0.3) is 5.91 Å². The van der Waals surface area contributed by atoms with Gasteiger partial charge in [-0.1, -0.05) is 37.3 Å². The number of carbonyl (C=O) groups is 1. The second-order valence-electron chi connectivity index (χ2n) is 6.90. The maximum Gasteiger partial charge on any atom is 0.251 e. The lowest BCUT2D eigenvalue weighted by molar-refractivity contribution is -0.118. The predicted octanol–water partition coefficient (Wildman–Crippen LogP) is 5.11. The van der Waals surface area contributed by atoms with E-state index in [1.165, 1.54) is 0 Å². The van der Waals surface area contributed by atoms with Crippen LogP contribution in [-0.2, 0) is 11.3 Å². The van der Waals surface area contributed by atoms with E-state index in [0.717, 1.165) is 37.9 Å². The highest BCUT2D eigenvalue weighted by atomic mass is 79.9. The van der Waals surface area contributed by atoms with Crippen LogP contribution in [-0.4, -0.2) is 17.6 Å². The van der Waals surface area contributed by atoms with Gasteiger partial charge in [-0.3, -0.25) is 4.79 Å².